The molecule has 220 valence electrons. The molecule has 0 bridgehead atoms. The molecule has 1 unspecified atom stereocenters. The number of rotatable bonds is 12. The summed E-state index contributed by atoms with van der Waals surface area (Å²) in [6.07, 6.45) is 0.627. The number of thioether (sulfide) groups is 1. The maximum atomic E-state index is 12.7. The molecule has 0 amide bonds. The van der Waals surface area contributed by atoms with Crippen molar-refractivity contribution in [2.45, 2.75) is 83.7 Å². The highest BCUT2D eigenvalue weighted by Crippen LogP contribution is 2.63. The van der Waals surface area contributed by atoms with Gasteiger partial charge in [-0.3, -0.25) is 14.3 Å². The van der Waals surface area contributed by atoms with Gasteiger partial charge in [0.1, 0.15) is 18.5 Å². The van der Waals surface area contributed by atoms with E-state index in [9.17, 15) is 19.7 Å². The molecule has 1 aliphatic heterocycles. The summed E-state index contributed by atoms with van der Waals surface area (Å²) in [7, 11) is -3.18. The first-order chi connectivity index (χ1) is 19.5. The highest BCUT2D eigenvalue weighted by molar-refractivity contribution is 7.98. The third-order valence-electron chi connectivity index (χ3n) is 7.24. The number of nitrogens with one attached hydrogen (secondary N) is 1. The summed E-state index contributed by atoms with van der Waals surface area (Å²) < 4.78 is 16.4. The molecule has 1 aliphatic rings. The molecule has 0 radical (unpaired) electrons. The first-order valence-electron chi connectivity index (χ1n) is 14.0. The van der Waals surface area contributed by atoms with Gasteiger partial charge in [-0.2, -0.15) is 21.5 Å². The van der Waals surface area contributed by atoms with Crippen LogP contribution in [-0.4, -0.2) is 55.3 Å². The smallest absolute Gasteiger partial charge is 0.347 e. The van der Waals surface area contributed by atoms with E-state index in [-0.39, 0.29) is 24.7 Å². The second-order valence-electron chi connectivity index (χ2n) is 11.0. The molecule has 1 saturated heterocycles. The Bertz CT molecular complexity index is 1490. The Kier molecular flexibility index (Phi) is 10.5. The van der Waals surface area contributed by atoms with Gasteiger partial charge in [-0.25, -0.2) is 9.69 Å². The molecule has 0 saturated carbocycles. The molecule has 9 nitrogen and oxygen atoms in total. The van der Waals surface area contributed by atoms with Crippen molar-refractivity contribution in [3.8, 4) is 6.07 Å². The lowest BCUT2D eigenvalue weighted by molar-refractivity contribution is -0.00675. The topological polar surface area (TPSA) is 121 Å². The van der Waals surface area contributed by atoms with Gasteiger partial charge in [-0.1, -0.05) is 42.5 Å². The molecule has 0 spiro atoms. The van der Waals surface area contributed by atoms with Gasteiger partial charge in [0.05, 0.1) is 18.6 Å². The van der Waals surface area contributed by atoms with E-state index in [1.165, 1.54) is 27.1 Å². The number of aromatic nitrogens is 2. The molecule has 1 aromatic heterocycles. The summed E-state index contributed by atoms with van der Waals surface area (Å²) in [6, 6.07) is 16.8. The normalized spacial score (nSPS) is 20.6. The van der Waals surface area contributed by atoms with Crippen LogP contribution in [-0.2, 0) is 15.0 Å². The minimum absolute atomic E-state index is 0.00431. The average Bonchev–Trinajstić information content (AvgIpc) is 3.30. The summed E-state index contributed by atoms with van der Waals surface area (Å²) in [5, 5.41) is 11.7. The van der Waals surface area contributed by atoms with Crippen molar-refractivity contribution < 1.29 is 14.2 Å². The molecule has 4 atom stereocenters. The SMILES string of the molecule is Cc1cn([C@H]2C[C@H](O[P+](O)(CCC#N)N(C(C)C)C(C)C)[C@@H](CSCc3ccc4ccccc4c3)O2)c(=O)[nH]c1=O. The number of ether oxygens (including phenoxy) is 1. The lowest BCUT2D eigenvalue weighted by atomic mass is 10.1. The summed E-state index contributed by atoms with van der Waals surface area (Å²) in [6.45, 7) is 9.68. The van der Waals surface area contributed by atoms with Crippen LogP contribution in [0.2, 0.25) is 0 Å². The van der Waals surface area contributed by atoms with Gasteiger partial charge in [0.2, 0.25) is 0 Å². The van der Waals surface area contributed by atoms with Crippen molar-refractivity contribution in [1.29, 1.82) is 5.26 Å². The first-order valence-corrected chi connectivity index (χ1v) is 17.0. The maximum Gasteiger partial charge on any atom is 0.347 e. The minimum atomic E-state index is -3.18. The average molecular weight is 600 g/mol. The molecule has 2 N–H and O–H groups in total. The largest absolute Gasteiger partial charge is 0.351 e. The van der Waals surface area contributed by atoms with Crippen LogP contribution in [0.5, 0.6) is 0 Å². The summed E-state index contributed by atoms with van der Waals surface area (Å²) in [5.41, 5.74) is 0.621. The highest BCUT2D eigenvalue weighted by atomic mass is 32.2. The lowest BCUT2D eigenvalue weighted by Gasteiger charge is -2.36. The van der Waals surface area contributed by atoms with Crippen LogP contribution in [0, 0.1) is 18.3 Å². The molecule has 2 aromatic carbocycles. The number of nitrogens with zero attached hydrogens (tertiary/aromatic N) is 3. The predicted molar refractivity (Wildman–Crippen MR) is 166 cm³/mol. The van der Waals surface area contributed by atoms with Crippen LogP contribution >= 0.6 is 19.6 Å². The van der Waals surface area contributed by atoms with E-state index in [1.807, 2.05) is 44.5 Å². The molecule has 2 heterocycles. The van der Waals surface area contributed by atoms with Crippen molar-refractivity contribution >= 4 is 30.4 Å². The van der Waals surface area contributed by atoms with Crippen molar-refractivity contribution in [2.24, 2.45) is 0 Å². The molecule has 41 heavy (non-hydrogen) atoms. The number of nitriles is 1. The van der Waals surface area contributed by atoms with Crippen LogP contribution in [0.15, 0.2) is 58.3 Å². The van der Waals surface area contributed by atoms with Gasteiger partial charge in [-0.05, 0) is 51.0 Å². The van der Waals surface area contributed by atoms with E-state index in [4.69, 9.17) is 9.26 Å². The summed E-state index contributed by atoms with van der Waals surface area (Å²) in [5.74, 6) is 1.34. The predicted octanol–water partition coefficient (Wildman–Crippen LogP) is 5.39. The van der Waals surface area contributed by atoms with Crippen LogP contribution in [0.1, 0.15) is 57.9 Å². The second-order valence-corrected chi connectivity index (χ2v) is 14.5. The van der Waals surface area contributed by atoms with Crippen LogP contribution in [0.3, 0.4) is 0 Å². The number of benzene rings is 2. The zero-order chi connectivity index (χ0) is 29.7. The van der Waals surface area contributed by atoms with Crippen molar-refractivity contribution in [3.63, 3.8) is 0 Å². The van der Waals surface area contributed by atoms with Crippen LogP contribution < -0.4 is 11.2 Å². The number of hydrogen-bond acceptors (Lipinski definition) is 8. The van der Waals surface area contributed by atoms with Crippen LogP contribution in [0.25, 0.3) is 10.8 Å². The van der Waals surface area contributed by atoms with E-state index in [0.29, 0.717) is 17.7 Å². The molecule has 1 fully saturated rings. The number of H-pyrrole nitrogens is 1. The molecule has 11 heteroatoms. The number of aromatic amines is 1. The molecule has 4 rings (SSSR count). The minimum Gasteiger partial charge on any atom is -0.351 e. The van der Waals surface area contributed by atoms with E-state index in [2.05, 4.69) is 41.4 Å². The fourth-order valence-corrected chi connectivity index (χ4v) is 9.50. The Hall–Kier alpha value is -2.51. The Morgan fingerprint density at radius 2 is 1.90 bits per heavy atom. The first kappa shape index (κ1) is 31.4. The third-order valence-corrected chi connectivity index (χ3v) is 11.4. The number of fused-ring (bicyclic) bond motifs is 1. The summed E-state index contributed by atoms with van der Waals surface area (Å²) in [4.78, 5) is 39.1. The highest BCUT2D eigenvalue weighted by Gasteiger charge is 2.53. The quantitative estimate of drug-likeness (QED) is 0.266. The molecular weight excluding hydrogens is 559 g/mol. The molecule has 3 aromatic rings. The maximum absolute atomic E-state index is 12.7. The van der Waals surface area contributed by atoms with E-state index in [0.717, 1.165) is 5.75 Å². The zero-order valence-electron chi connectivity index (χ0n) is 24.3. The lowest BCUT2D eigenvalue weighted by Crippen LogP contribution is -2.41. The van der Waals surface area contributed by atoms with Gasteiger partial charge in [0, 0.05) is 41.8 Å². The molecule has 0 aliphatic carbocycles. The zero-order valence-corrected chi connectivity index (χ0v) is 26.0. The Morgan fingerprint density at radius 3 is 2.59 bits per heavy atom. The fourth-order valence-electron chi connectivity index (χ4n) is 5.51. The monoisotopic (exact) mass is 599 g/mol. The fraction of sp³-hybridized carbons (Fsp3) is 0.500. The Morgan fingerprint density at radius 1 is 1.20 bits per heavy atom. The van der Waals surface area contributed by atoms with Crippen molar-refractivity contribution in [1.82, 2.24) is 14.2 Å². The van der Waals surface area contributed by atoms with E-state index < -0.39 is 37.6 Å². The standard InChI is InChI=1S/C30H39N4O5PS/c1-20(2)34(21(3)4)40(37,14-8-13-31)39-26-16-28(33-17-22(5)29(35)32-30(33)36)38-27(26)19-41-18-23-11-12-24-9-6-7-10-25(24)15-23/h6-7,9-12,15,17,20-21,26-28,37H,8,14,16,18-19H2,1-5H3/p+1/t26-,27+,28+,40?/m0/s1. The Balaban J connectivity index is 1.59. The van der Waals surface area contributed by atoms with Crippen LogP contribution in [0.4, 0.5) is 0 Å². The van der Waals surface area contributed by atoms with E-state index in [1.54, 1.807) is 18.7 Å². The van der Waals surface area contributed by atoms with Gasteiger partial charge >= 0.3 is 13.6 Å². The third kappa shape index (κ3) is 7.47. The Labute approximate surface area is 246 Å². The summed E-state index contributed by atoms with van der Waals surface area (Å²) >= 11 is 1.70. The number of hydrogen-bond donors (Lipinski definition) is 2. The molecular formula is C30H40N4O5PS+. The second kappa shape index (κ2) is 13.6. The number of aryl methyl sites for hydroxylation is 1. The van der Waals surface area contributed by atoms with Gasteiger partial charge < -0.3 is 4.74 Å². The van der Waals surface area contributed by atoms with Gasteiger partial charge in [-0.15, -0.1) is 4.67 Å². The van der Waals surface area contributed by atoms with E-state index >= 15 is 0 Å². The van der Waals surface area contributed by atoms with Crippen molar-refractivity contribution in [3.05, 3.63) is 80.6 Å². The van der Waals surface area contributed by atoms with Gasteiger partial charge in [0.15, 0.2) is 0 Å². The van der Waals surface area contributed by atoms with Gasteiger partial charge in [0.25, 0.3) is 5.56 Å². The van der Waals surface area contributed by atoms with Crippen molar-refractivity contribution in [2.75, 3.05) is 11.9 Å².